The van der Waals surface area contributed by atoms with E-state index in [2.05, 4.69) is 26.9 Å². The lowest BCUT2D eigenvalue weighted by Gasteiger charge is -2.00. The molecule has 4 aromatic rings. The summed E-state index contributed by atoms with van der Waals surface area (Å²) in [4.78, 5) is 9.88. The fourth-order valence-electron chi connectivity index (χ4n) is 2.24. The maximum Gasteiger partial charge on any atom is 0.211 e. The molecule has 0 aliphatic carbocycles. The van der Waals surface area contributed by atoms with E-state index in [1.54, 1.807) is 22.7 Å². The summed E-state index contributed by atoms with van der Waals surface area (Å²) in [5.41, 5.74) is 2.92. The highest BCUT2D eigenvalue weighted by atomic mass is 32.1. The second-order valence-corrected chi connectivity index (χ2v) is 6.79. The largest absolute Gasteiger partial charge is 0.360 e. The van der Waals surface area contributed by atoms with Crippen LogP contribution < -0.4 is 4.80 Å². The van der Waals surface area contributed by atoms with Crippen molar-refractivity contribution in [3.63, 3.8) is 0 Å². The lowest BCUT2D eigenvalue weighted by atomic mass is 10.3. The Morgan fingerprint density at radius 3 is 2.62 bits per heavy atom. The number of aromatic nitrogens is 2. The van der Waals surface area contributed by atoms with E-state index in [9.17, 15) is 0 Å². The zero-order valence-electron chi connectivity index (χ0n) is 12.7. The number of rotatable bonds is 4. The minimum Gasteiger partial charge on any atom is -0.360 e. The molecule has 0 saturated heterocycles. The van der Waals surface area contributed by atoms with Gasteiger partial charge in [0.25, 0.3) is 0 Å². The Kier molecular flexibility index (Phi) is 4.22. The molecule has 3 heterocycles. The van der Waals surface area contributed by atoms with E-state index in [-0.39, 0.29) is 0 Å². The van der Waals surface area contributed by atoms with E-state index in [0.717, 1.165) is 21.9 Å². The van der Waals surface area contributed by atoms with Crippen molar-refractivity contribution in [2.45, 2.75) is 0 Å². The molecule has 0 aliphatic rings. The fraction of sp³-hybridized carbons (Fsp3) is 0. The van der Waals surface area contributed by atoms with Crippen molar-refractivity contribution in [1.82, 2.24) is 9.66 Å². The van der Waals surface area contributed by atoms with Crippen LogP contribution in [-0.2, 0) is 0 Å². The molecule has 4 nitrogen and oxygen atoms in total. The first kappa shape index (κ1) is 14.9. The number of thiazole rings is 1. The lowest BCUT2D eigenvalue weighted by molar-refractivity contribution is 0.856. The van der Waals surface area contributed by atoms with Crippen LogP contribution in [0.1, 0.15) is 5.69 Å². The summed E-state index contributed by atoms with van der Waals surface area (Å²) in [6.07, 6.45) is 3.70. The predicted molar refractivity (Wildman–Crippen MR) is 101 cm³/mol. The van der Waals surface area contributed by atoms with Crippen molar-refractivity contribution in [3.8, 4) is 10.6 Å². The molecule has 118 valence electrons. The van der Waals surface area contributed by atoms with E-state index >= 15 is 0 Å². The first-order valence-electron chi connectivity index (χ1n) is 7.42. The Morgan fingerprint density at radius 1 is 0.958 bits per heavy atom. The van der Waals surface area contributed by atoms with Crippen molar-refractivity contribution in [1.29, 1.82) is 0 Å². The van der Waals surface area contributed by atoms with Gasteiger partial charge in [-0.2, -0.15) is 5.10 Å². The molecular formula is C18H14N4S2. The number of nitrogens with zero attached hydrogens (tertiary/aromatic N) is 3. The molecule has 4 rings (SSSR count). The van der Waals surface area contributed by atoms with Crippen LogP contribution in [0.15, 0.2) is 81.6 Å². The van der Waals surface area contributed by atoms with Gasteiger partial charge in [0.05, 0.1) is 28.2 Å². The third kappa shape index (κ3) is 3.15. The Labute approximate surface area is 147 Å². The van der Waals surface area contributed by atoms with Crippen LogP contribution in [0.2, 0.25) is 0 Å². The summed E-state index contributed by atoms with van der Waals surface area (Å²) in [6, 6.07) is 18.0. The quantitative estimate of drug-likeness (QED) is 0.518. The number of H-pyrrole nitrogens is 1. The van der Waals surface area contributed by atoms with Crippen LogP contribution in [0.25, 0.3) is 10.6 Å². The minimum absolute atomic E-state index is 0.840. The third-order valence-corrected chi connectivity index (χ3v) is 5.08. The molecule has 0 amide bonds. The van der Waals surface area contributed by atoms with Gasteiger partial charge in [-0.05, 0) is 35.7 Å². The number of aromatic amines is 1. The molecule has 0 unspecified atom stereocenters. The average Bonchev–Trinajstić information content (AvgIpc) is 3.36. The second kappa shape index (κ2) is 6.82. The van der Waals surface area contributed by atoms with E-state index in [4.69, 9.17) is 4.99 Å². The Hall–Kier alpha value is -2.70. The Bertz CT molecular complexity index is 991. The molecule has 0 fully saturated rings. The van der Waals surface area contributed by atoms with Crippen molar-refractivity contribution < 1.29 is 0 Å². The molecule has 24 heavy (non-hydrogen) atoms. The van der Waals surface area contributed by atoms with Crippen molar-refractivity contribution in [3.05, 3.63) is 82.0 Å². The molecule has 0 aliphatic heterocycles. The van der Waals surface area contributed by atoms with Crippen molar-refractivity contribution >= 4 is 34.6 Å². The van der Waals surface area contributed by atoms with E-state index in [0.29, 0.717) is 0 Å². The molecule has 1 N–H and O–H groups in total. The number of benzene rings is 1. The van der Waals surface area contributed by atoms with Crippen molar-refractivity contribution in [2.75, 3.05) is 0 Å². The molecule has 0 radical (unpaired) electrons. The summed E-state index contributed by atoms with van der Waals surface area (Å²) in [6.45, 7) is 0. The average molecular weight is 350 g/mol. The maximum absolute atomic E-state index is 4.73. The van der Waals surface area contributed by atoms with Gasteiger partial charge in [-0.3, -0.25) is 0 Å². The van der Waals surface area contributed by atoms with Gasteiger partial charge in [0.15, 0.2) is 0 Å². The molecule has 3 aromatic heterocycles. The van der Waals surface area contributed by atoms with Crippen LogP contribution in [0.5, 0.6) is 0 Å². The van der Waals surface area contributed by atoms with Gasteiger partial charge in [-0.25, -0.2) is 9.67 Å². The first-order valence-corrected chi connectivity index (χ1v) is 9.18. The van der Waals surface area contributed by atoms with E-state index < -0.39 is 0 Å². The maximum atomic E-state index is 4.73. The van der Waals surface area contributed by atoms with E-state index in [1.165, 1.54) is 4.88 Å². The van der Waals surface area contributed by atoms with Crippen LogP contribution >= 0.6 is 22.7 Å². The van der Waals surface area contributed by atoms with Gasteiger partial charge in [0.2, 0.25) is 4.80 Å². The van der Waals surface area contributed by atoms with Gasteiger partial charge in [0, 0.05) is 11.6 Å². The Morgan fingerprint density at radius 2 is 1.88 bits per heavy atom. The zero-order chi connectivity index (χ0) is 16.2. The number of hydrogen-bond donors (Lipinski definition) is 1. The van der Waals surface area contributed by atoms with Crippen LogP contribution in [-0.4, -0.2) is 15.9 Å². The SMILES string of the molecule is C(=Nn1c(-c2cccs2)csc1=Nc1ccccc1)c1ccc[nH]1. The fourth-order valence-corrected chi connectivity index (χ4v) is 3.89. The van der Waals surface area contributed by atoms with Crippen LogP contribution in [0.4, 0.5) is 5.69 Å². The summed E-state index contributed by atoms with van der Waals surface area (Å²) in [7, 11) is 0. The molecular weight excluding hydrogens is 336 g/mol. The Balaban J connectivity index is 1.84. The van der Waals surface area contributed by atoms with Gasteiger partial charge in [-0.15, -0.1) is 22.7 Å². The van der Waals surface area contributed by atoms with Crippen molar-refractivity contribution in [2.24, 2.45) is 10.1 Å². The summed E-state index contributed by atoms with van der Waals surface area (Å²) < 4.78 is 1.89. The monoisotopic (exact) mass is 350 g/mol. The summed E-state index contributed by atoms with van der Waals surface area (Å²) >= 11 is 3.28. The number of hydrogen-bond acceptors (Lipinski definition) is 4. The molecule has 1 aromatic carbocycles. The summed E-state index contributed by atoms with van der Waals surface area (Å²) in [5.74, 6) is 0. The second-order valence-electron chi connectivity index (χ2n) is 5.01. The van der Waals surface area contributed by atoms with Gasteiger partial charge < -0.3 is 4.98 Å². The highest BCUT2D eigenvalue weighted by Gasteiger charge is 2.08. The van der Waals surface area contributed by atoms with Crippen LogP contribution in [0, 0.1) is 0 Å². The van der Waals surface area contributed by atoms with Gasteiger partial charge in [-0.1, -0.05) is 24.3 Å². The topological polar surface area (TPSA) is 45.4 Å². The predicted octanol–water partition coefficient (Wildman–Crippen LogP) is 4.72. The normalized spacial score (nSPS) is 12.2. The molecule has 0 atom stereocenters. The standard InChI is InChI=1S/C18H14N4S2/c1-2-6-14(7-3-1)21-18-22(20-12-15-8-4-10-19-15)16(13-24-18)17-9-5-11-23-17/h1-13,19H. The highest BCUT2D eigenvalue weighted by Crippen LogP contribution is 2.25. The van der Waals surface area contributed by atoms with E-state index in [1.807, 2.05) is 65.6 Å². The minimum atomic E-state index is 0.840. The van der Waals surface area contributed by atoms with Gasteiger partial charge >= 0.3 is 0 Å². The number of nitrogens with one attached hydrogen (secondary N) is 1. The molecule has 0 saturated carbocycles. The smallest absolute Gasteiger partial charge is 0.211 e. The lowest BCUT2D eigenvalue weighted by Crippen LogP contribution is -2.11. The molecule has 6 heteroatoms. The number of para-hydroxylation sites is 1. The first-order chi connectivity index (χ1) is 11.9. The summed E-state index contributed by atoms with van der Waals surface area (Å²) in [5, 5.41) is 8.81. The third-order valence-electron chi connectivity index (χ3n) is 3.37. The van der Waals surface area contributed by atoms with Gasteiger partial charge in [0.1, 0.15) is 0 Å². The number of thiophene rings is 1. The van der Waals surface area contributed by atoms with Crippen LogP contribution in [0.3, 0.4) is 0 Å². The molecule has 0 bridgehead atoms. The zero-order valence-corrected chi connectivity index (χ0v) is 14.3. The molecule has 0 spiro atoms. The highest BCUT2D eigenvalue weighted by molar-refractivity contribution is 7.14.